The van der Waals surface area contributed by atoms with E-state index in [1.807, 2.05) is 24.3 Å². The Hall–Kier alpha value is -6.72. The van der Waals surface area contributed by atoms with Crippen molar-refractivity contribution in [3.8, 4) is 0 Å². The van der Waals surface area contributed by atoms with Gasteiger partial charge in [0.2, 0.25) is 11.8 Å². The Bertz CT molecular complexity index is 1320. The van der Waals surface area contributed by atoms with E-state index in [4.69, 9.17) is 30.6 Å². The molecule has 0 aliphatic carbocycles. The van der Waals surface area contributed by atoms with Gasteiger partial charge in [-0.2, -0.15) is 0 Å². The minimum absolute atomic E-state index is 0.0659. The summed E-state index contributed by atoms with van der Waals surface area (Å²) in [7, 11) is 0. The van der Waals surface area contributed by atoms with Crippen molar-refractivity contribution in [2.45, 2.75) is 25.7 Å². The van der Waals surface area contributed by atoms with E-state index in [1.54, 1.807) is 12.4 Å². The standard InChI is InChI=1S/2C8H8N2O.3C4H4O4/c2*11-7-4-3-6-2-1-5-9-8(6)10-7;3*5-3(6)1-2-4(7)8/h2*1-2,5H,3-4H2,(H,9,10,11);3*1-2H,(H,5,6)(H,7,8)/b;;3*2-1-. The van der Waals surface area contributed by atoms with Crippen LogP contribution in [0.3, 0.4) is 0 Å². The van der Waals surface area contributed by atoms with Gasteiger partial charge in [-0.3, -0.25) is 9.59 Å². The molecule has 2 amide bonds. The maximum absolute atomic E-state index is 10.9. The molecule has 0 spiro atoms. The lowest BCUT2D eigenvalue weighted by Crippen LogP contribution is -2.19. The largest absolute Gasteiger partial charge is 0.478 e. The van der Waals surface area contributed by atoms with E-state index in [9.17, 15) is 38.4 Å². The molecule has 0 bridgehead atoms. The van der Waals surface area contributed by atoms with Crippen LogP contribution in [0, 0.1) is 0 Å². The maximum Gasteiger partial charge on any atom is 0.328 e. The van der Waals surface area contributed by atoms with E-state index in [2.05, 4.69) is 20.6 Å². The van der Waals surface area contributed by atoms with E-state index in [0.29, 0.717) is 49.3 Å². The molecule has 4 heterocycles. The highest BCUT2D eigenvalue weighted by atomic mass is 16.4. The summed E-state index contributed by atoms with van der Waals surface area (Å²) in [6.07, 6.45) is 9.51. The van der Waals surface area contributed by atoms with Gasteiger partial charge in [-0.25, -0.2) is 38.7 Å². The summed E-state index contributed by atoms with van der Waals surface area (Å²) in [5.74, 6) is -5.96. The fourth-order valence-corrected chi connectivity index (χ4v) is 2.82. The van der Waals surface area contributed by atoms with Crippen LogP contribution in [0.25, 0.3) is 0 Å². The van der Waals surface area contributed by atoms with Gasteiger partial charge >= 0.3 is 35.8 Å². The smallest absolute Gasteiger partial charge is 0.328 e. The van der Waals surface area contributed by atoms with Gasteiger partial charge in [-0.1, -0.05) is 12.1 Å². The summed E-state index contributed by atoms with van der Waals surface area (Å²) in [6, 6.07) is 7.75. The van der Waals surface area contributed by atoms with Crippen LogP contribution in [0.5, 0.6) is 0 Å². The SMILES string of the molecule is O=C(O)/C=C\C(=O)O.O=C(O)/C=C\C(=O)O.O=C(O)/C=C\C(=O)O.O=C1CCc2cccnc2N1.O=C1CCc2cccnc2N1. The van der Waals surface area contributed by atoms with Crippen LogP contribution < -0.4 is 10.6 Å². The van der Waals surface area contributed by atoms with Crippen molar-refractivity contribution in [2.75, 3.05) is 10.6 Å². The number of fused-ring (bicyclic) bond motifs is 2. The van der Waals surface area contributed by atoms with E-state index in [1.165, 1.54) is 0 Å². The fourth-order valence-electron chi connectivity index (χ4n) is 2.82. The molecule has 2 aromatic heterocycles. The van der Waals surface area contributed by atoms with Gasteiger partial charge in [0.05, 0.1) is 0 Å². The molecule has 8 N–H and O–H groups in total. The number of aliphatic carboxylic acids is 6. The Kier molecular flexibility index (Phi) is 18.7. The van der Waals surface area contributed by atoms with Gasteiger partial charge in [-0.15, -0.1) is 0 Å². The molecule has 2 aliphatic rings. The number of anilines is 2. The van der Waals surface area contributed by atoms with Gasteiger partial charge in [0.25, 0.3) is 0 Å². The summed E-state index contributed by atoms with van der Waals surface area (Å²) in [6.45, 7) is 0. The third-order valence-corrected chi connectivity index (χ3v) is 4.65. The van der Waals surface area contributed by atoms with Crippen LogP contribution in [0.2, 0.25) is 0 Å². The quantitative estimate of drug-likeness (QED) is 0.204. The number of hydrogen-bond donors (Lipinski definition) is 8. The second-order valence-corrected chi connectivity index (χ2v) is 8.15. The van der Waals surface area contributed by atoms with Crippen molar-refractivity contribution in [3.63, 3.8) is 0 Å². The number of pyridine rings is 2. The Morgan fingerprint density at radius 3 is 1.00 bits per heavy atom. The fraction of sp³-hybridized carbons (Fsp3) is 0.143. The molecular formula is C28H28N4O14. The normalized spacial score (nSPS) is 12.3. The third kappa shape index (κ3) is 21.1. The number of carboxylic acids is 6. The molecule has 0 fully saturated rings. The van der Waals surface area contributed by atoms with Crippen molar-refractivity contribution >= 4 is 59.3 Å². The lowest BCUT2D eigenvalue weighted by molar-refractivity contribution is -0.134. The molecule has 0 aromatic carbocycles. The molecule has 2 aliphatic heterocycles. The Balaban J connectivity index is 0.000000557. The number of hydrogen-bond acceptors (Lipinski definition) is 10. The number of nitrogens with zero attached hydrogens (tertiary/aromatic N) is 2. The molecule has 18 nitrogen and oxygen atoms in total. The molecule has 0 atom stereocenters. The monoisotopic (exact) mass is 644 g/mol. The Labute approximate surface area is 259 Å². The predicted molar refractivity (Wildman–Crippen MR) is 156 cm³/mol. The maximum atomic E-state index is 10.9. The average Bonchev–Trinajstić information content (AvgIpc) is 2.99. The minimum Gasteiger partial charge on any atom is -0.478 e. The zero-order chi connectivity index (χ0) is 35.1. The molecule has 18 heteroatoms. The number of carbonyl (C=O) groups excluding carboxylic acids is 2. The summed E-state index contributed by atoms with van der Waals surface area (Å²) in [4.78, 5) is 87.1. The zero-order valence-corrected chi connectivity index (χ0v) is 23.6. The van der Waals surface area contributed by atoms with Crippen LogP contribution in [0.15, 0.2) is 73.1 Å². The van der Waals surface area contributed by atoms with Crippen LogP contribution in [0.4, 0.5) is 11.6 Å². The Morgan fingerprint density at radius 2 is 0.761 bits per heavy atom. The molecular weight excluding hydrogens is 616 g/mol. The van der Waals surface area contributed by atoms with Gasteiger partial charge in [-0.05, 0) is 36.1 Å². The number of nitrogens with one attached hydrogen (secondary N) is 2. The van der Waals surface area contributed by atoms with Crippen molar-refractivity contribution in [1.29, 1.82) is 0 Å². The van der Waals surface area contributed by atoms with Crippen molar-refractivity contribution in [1.82, 2.24) is 9.97 Å². The third-order valence-electron chi connectivity index (χ3n) is 4.65. The van der Waals surface area contributed by atoms with E-state index in [-0.39, 0.29) is 11.8 Å². The van der Waals surface area contributed by atoms with Gasteiger partial charge < -0.3 is 41.3 Å². The van der Waals surface area contributed by atoms with Crippen LogP contribution in [-0.4, -0.2) is 88.2 Å². The molecule has 0 saturated heterocycles. The number of rotatable bonds is 6. The summed E-state index contributed by atoms with van der Waals surface area (Å²) in [5.41, 5.74) is 2.26. The highest BCUT2D eigenvalue weighted by Crippen LogP contribution is 2.18. The molecule has 4 rings (SSSR count). The molecule has 0 unspecified atom stereocenters. The van der Waals surface area contributed by atoms with Crippen molar-refractivity contribution in [2.24, 2.45) is 0 Å². The Morgan fingerprint density at radius 1 is 0.500 bits per heavy atom. The number of carboxylic acid groups (broad SMARTS) is 6. The van der Waals surface area contributed by atoms with Gasteiger partial charge in [0.15, 0.2) is 0 Å². The number of aryl methyl sites for hydroxylation is 2. The van der Waals surface area contributed by atoms with Gasteiger partial charge in [0.1, 0.15) is 11.6 Å². The zero-order valence-electron chi connectivity index (χ0n) is 23.6. The van der Waals surface area contributed by atoms with E-state index in [0.717, 1.165) is 35.6 Å². The summed E-state index contributed by atoms with van der Waals surface area (Å²) in [5, 5.41) is 52.3. The predicted octanol–water partition coefficient (Wildman–Crippen LogP) is 1.07. The first-order chi connectivity index (χ1) is 21.6. The van der Waals surface area contributed by atoms with Crippen LogP contribution >= 0.6 is 0 Å². The van der Waals surface area contributed by atoms with Crippen molar-refractivity contribution in [3.05, 3.63) is 84.2 Å². The number of amides is 2. The van der Waals surface area contributed by atoms with E-state index >= 15 is 0 Å². The highest BCUT2D eigenvalue weighted by Gasteiger charge is 2.14. The van der Waals surface area contributed by atoms with E-state index < -0.39 is 35.8 Å². The molecule has 0 saturated carbocycles. The first-order valence-electron chi connectivity index (χ1n) is 12.5. The average molecular weight is 645 g/mol. The number of aromatic nitrogens is 2. The topological polar surface area (TPSA) is 308 Å². The molecule has 46 heavy (non-hydrogen) atoms. The van der Waals surface area contributed by atoms with Crippen LogP contribution in [-0.2, 0) is 51.2 Å². The first kappa shape index (κ1) is 39.3. The summed E-state index contributed by atoms with van der Waals surface area (Å²) < 4.78 is 0. The second kappa shape index (κ2) is 21.9. The van der Waals surface area contributed by atoms with Gasteiger partial charge in [0, 0.05) is 61.7 Å². The second-order valence-electron chi connectivity index (χ2n) is 8.15. The van der Waals surface area contributed by atoms with Crippen molar-refractivity contribution < 1.29 is 69.0 Å². The lowest BCUT2D eigenvalue weighted by Gasteiger charge is -2.13. The summed E-state index contributed by atoms with van der Waals surface area (Å²) >= 11 is 0. The molecule has 0 radical (unpaired) electrons. The molecule has 244 valence electrons. The highest BCUT2D eigenvalue weighted by molar-refractivity contribution is 5.93. The van der Waals surface area contributed by atoms with Crippen LogP contribution in [0.1, 0.15) is 24.0 Å². The minimum atomic E-state index is -1.26. The first-order valence-corrected chi connectivity index (χ1v) is 12.5. The lowest BCUT2D eigenvalue weighted by atomic mass is 10.1. The number of carbonyl (C=O) groups is 8. The molecule has 2 aromatic rings.